The average Bonchev–Trinajstić information content (AvgIpc) is 3.91. The van der Waals surface area contributed by atoms with E-state index in [9.17, 15) is 37.1 Å². The molecule has 1 aromatic carbocycles. The van der Waals surface area contributed by atoms with Gasteiger partial charge in [-0.3, -0.25) is 29.1 Å². The van der Waals surface area contributed by atoms with Crippen molar-refractivity contribution in [3.8, 4) is 0 Å². The third kappa shape index (κ3) is 18.2. The molecule has 8 rings (SSSR count). The van der Waals surface area contributed by atoms with Crippen LogP contribution in [-0.4, -0.2) is 182 Å². The number of nitrogens with two attached hydrogens (primary N) is 1. The van der Waals surface area contributed by atoms with E-state index in [-0.39, 0.29) is 58.6 Å². The van der Waals surface area contributed by atoms with Crippen LogP contribution in [0.4, 0.5) is 19.0 Å². The molecule has 3 aromatic rings. The molecule has 3 saturated heterocycles. The summed E-state index contributed by atoms with van der Waals surface area (Å²) in [6, 6.07) is 10.4. The first-order valence-corrected chi connectivity index (χ1v) is 25.8. The molecule has 4 amide bonds. The first-order chi connectivity index (χ1) is 35.0. The van der Waals surface area contributed by atoms with Crippen LogP contribution in [0.2, 0.25) is 0 Å². The van der Waals surface area contributed by atoms with Crippen LogP contribution in [0.5, 0.6) is 0 Å². The number of nitrogens with one attached hydrogen (secondary N) is 3. The lowest BCUT2D eigenvalue weighted by atomic mass is 9.82. The van der Waals surface area contributed by atoms with E-state index in [4.69, 9.17) is 15.2 Å². The van der Waals surface area contributed by atoms with Crippen LogP contribution in [0, 0.1) is 17.8 Å². The van der Waals surface area contributed by atoms with Crippen LogP contribution in [0.1, 0.15) is 83.6 Å². The number of fused-ring (bicyclic) bond motifs is 1. The molecule has 2 unspecified atom stereocenters. The number of ether oxygens (including phenoxy) is 2. The number of alkyl halides is 3. The predicted molar refractivity (Wildman–Crippen MR) is 272 cm³/mol. The van der Waals surface area contributed by atoms with Crippen molar-refractivity contribution in [2.24, 2.45) is 23.5 Å². The number of pyridine rings is 1. The summed E-state index contributed by atoms with van der Waals surface area (Å²) in [4.78, 5) is 77.6. The largest absolute Gasteiger partial charge is 0.416 e. The van der Waals surface area contributed by atoms with Gasteiger partial charge in [-0.15, -0.1) is 0 Å². The number of likely N-dealkylation sites (N-methyl/N-ethyl adjacent to an activating group) is 1. The van der Waals surface area contributed by atoms with Crippen LogP contribution >= 0.6 is 0 Å². The third-order valence-electron chi connectivity index (χ3n) is 14.5. The van der Waals surface area contributed by atoms with Gasteiger partial charge in [0, 0.05) is 107 Å². The fraction of sp³-hybridized carbons (Fsp3) is 0.654. The second-order valence-corrected chi connectivity index (χ2v) is 19.8. The molecule has 0 spiro atoms. The van der Waals surface area contributed by atoms with E-state index in [1.165, 1.54) is 12.4 Å². The van der Waals surface area contributed by atoms with Crippen LogP contribution < -0.4 is 21.7 Å². The SMILES string of the molecule is CC(C)N(C)C1CCC(N2CCC(Nc3ncnc4ccc(C(F)(F)F)cc34)C2=O)CC1.CN1CC(C=O)CC1=O.CNCCOCCOCCNC(=O)C1CN(C2CCC(C(N)=O)CC2)C1.c1ccncc1. The highest BCUT2D eigenvalue weighted by Crippen LogP contribution is 2.35. The Kier molecular flexibility index (Phi) is 23.7. The molecule has 404 valence electrons. The van der Waals surface area contributed by atoms with Gasteiger partial charge in [-0.05, 0) is 116 Å². The van der Waals surface area contributed by atoms with Gasteiger partial charge in [0.1, 0.15) is 24.5 Å². The second-order valence-electron chi connectivity index (χ2n) is 19.8. The molecule has 21 heteroatoms. The molecule has 2 atom stereocenters. The molecule has 2 saturated carbocycles. The van der Waals surface area contributed by atoms with Gasteiger partial charge in [-0.25, -0.2) is 9.97 Å². The van der Waals surface area contributed by atoms with Crippen LogP contribution in [0.3, 0.4) is 0 Å². The number of carbonyl (C=O) groups excluding carboxylic acids is 5. The van der Waals surface area contributed by atoms with Crippen molar-refractivity contribution >= 4 is 46.6 Å². The third-order valence-corrected chi connectivity index (χ3v) is 14.5. The predicted octanol–water partition coefficient (Wildman–Crippen LogP) is 4.39. The zero-order valence-corrected chi connectivity index (χ0v) is 43.2. The fourth-order valence-electron chi connectivity index (χ4n) is 9.80. The maximum Gasteiger partial charge on any atom is 0.416 e. The number of likely N-dealkylation sites (tertiary alicyclic amines) is 3. The van der Waals surface area contributed by atoms with Gasteiger partial charge >= 0.3 is 6.18 Å². The Morgan fingerprint density at radius 3 is 2.07 bits per heavy atom. The first-order valence-electron chi connectivity index (χ1n) is 25.8. The van der Waals surface area contributed by atoms with Crippen molar-refractivity contribution in [1.82, 2.24) is 45.2 Å². The Morgan fingerprint density at radius 1 is 0.877 bits per heavy atom. The molecule has 2 aliphatic carbocycles. The topological polar surface area (TPSA) is 218 Å². The number of amides is 4. The molecule has 0 radical (unpaired) electrons. The summed E-state index contributed by atoms with van der Waals surface area (Å²) in [5.41, 5.74) is 5.02. The van der Waals surface area contributed by atoms with E-state index in [2.05, 4.69) is 61.6 Å². The lowest BCUT2D eigenvalue weighted by Crippen LogP contribution is -2.58. The number of anilines is 1. The minimum Gasteiger partial charge on any atom is -0.378 e. The maximum atomic E-state index is 13.2. The average molecular weight is 1030 g/mol. The molecule has 5 fully saturated rings. The van der Waals surface area contributed by atoms with Crippen LogP contribution in [0.15, 0.2) is 55.1 Å². The molecule has 5 N–H and O–H groups in total. The van der Waals surface area contributed by atoms with Crippen molar-refractivity contribution < 1.29 is 46.6 Å². The number of rotatable bonds is 18. The quantitative estimate of drug-likeness (QED) is 0.103. The normalized spacial score (nSPS) is 23.4. The Morgan fingerprint density at radius 2 is 1.53 bits per heavy atom. The monoisotopic (exact) mass is 1030 g/mol. The first kappa shape index (κ1) is 58.5. The molecule has 73 heavy (non-hydrogen) atoms. The molecular weight excluding hydrogens is 948 g/mol. The highest BCUT2D eigenvalue weighted by Gasteiger charge is 2.40. The van der Waals surface area contributed by atoms with E-state index in [1.54, 1.807) is 24.3 Å². The Balaban J connectivity index is 0.000000213. The van der Waals surface area contributed by atoms with E-state index >= 15 is 0 Å². The Labute approximate surface area is 428 Å². The van der Waals surface area contributed by atoms with Gasteiger partial charge in [-0.2, -0.15) is 13.2 Å². The van der Waals surface area contributed by atoms with E-state index < -0.39 is 17.8 Å². The van der Waals surface area contributed by atoms with Crippen LogP contribution in [-0.2, 0) is 39.6 Å². The molecule has 2 aromatic heterocycles. The lowest BCUT2D eigenvalue weighted by molar-refractivity contribution is -0.137. The number of nitrogens with zero attached hydrogens (tertiary/aromatic N) is 7. The van der Waals surface area contributed by atoms with Gasteiger partial charge in [0.15, 0.2) is 0 Å². The molecule has 3 aliphatic heterocycles. The van der Waals surface area contributed by atoms with Gasteiger partial charge in [0.25, 0.3) is 0 Å². The number of benzene rings is 1. The van der Waals surface area contributed by atoms with Gasteiger partial charge < -0.3 is 50.7 Å². The van der Waals surface area contributed by atoms with Crippen LogP contribution in [0.25, 0.3) is 10.9 Å². The number of hydrogen-bond acceptors (Lipinski definition) is 14. The Bertz CT molecular complexity index is 2150. The van der Waals surface area contributed by atoms with Gasteiger partial charge in [0.2, 0.25) is 23.6 Å². The highest BCUT2D eigenvalue weighted by molar-refractivity contribution is 5.93. The van der Waals surface area contributed by atoms with E-state index in [1.807, 2.05) is 30.1 Å². The number of hydrogen-bond donors (Lipinski definition) is 4. The number of aromatic nitrogens is 3. The summed E-state index contributed by atoms with van der Waals surface area (Å²) in [5, 5.41) is 9.32. The number of aldehydes is 1. The van der Waals surface area contributed by atoms with Crippen molar-refractivity contribution in [2.75, 3.05) is 92.2 Å². The molecule has 5 heterocycles. The van der Waals surface area contributed by atoms with E-state index in [0.717, 1.165) is 89.4 Å². The zero-order valence-electron chi connectivity index (χ0n) is 43.2. The smallest absolute Gasteiger partial charge is 0.378 e. The summed E-state index contributed by atoms with van der Waals surface area (Å²) in [6.45, 7) is 11.0. The minimum absolute atomic E-state index is 0.00408. The standard InChI is InChI=1S/C23H30F3N5O.C18H34N4O4.C6H9NO2.C5H5N/c1-14(2)30(3)16-5-7-17(8-6-16)31-11-10-20(22(31)32)29-21-18-12-15(23(24,25)26)4-9-19(18)27-13-28-21;1-20-6-8-25-10-11-26-9-7-21-18(24)15-12-22(13-15)16-4-2-14(3-5-16)17(19)23;1-7-3-5(4-8)2-6(7)9;1-2-4-6-5-3-1/h4,9,12-14,16-17,20H,5-8,10-11H2,1-3H3,(H,27,28,29);14-16,20H,2-13H2,1H3,(H2,19,23)(H,21,24);4-5H,2-3H2,1H3;1-5H. The highest BCUT2D eigenvalue weighted by atomic mass is 19.4. The second kappa shape index (κ2) is 29.5. The van der Waals surface area contributed by atoms with E-state index in [0.29, 0.717) is 82.5 Å². The van der Waals surface area contributed by atoms with Crippen molar-refractivity contribution in [3.05, 3.63) is 60.7 Å². The molecule has 0 bridgehead atoms. The summed E-state index contributed by atoms with van der Waals surface area (Å²) >= 11 is 0. The number of halogens is 3. The minimum atomic E-state index is -4.45. The lowest BCUT2D eigenvalue weighted by Gasteiger charge is -2.45. The number of primary amides is 1. The van der Waals surface area contributed by atoms with Crippen molar-refractivity contribution in [2.45, 2.75) is 114 Å². The Hall–Kier alpha value is -5.35. The zero-order chi connectivity index (χ0) is 52.9. The maximum absolute atomic E-state index is 13.2. The van der Waals surface area contributed by atoms with Gasteiger partial charge in [0.05, 0.1) is 43.4 Å². The fourth-order valence-corrected chi connectivity index (χ4v) is 9.80. The summed E-state index contributed by atoms with van der Waals surface area (Å²) in [7, 11) is 5.76. The number of carbonyl (C=O) groups is 5. The van der Waals surface area contributed by atoms with Crippen molar-refractivity contribution in [1.29, 1.82) is 0 Å². The molecule has 18 nitrogen and oxygen atoms in total. The molecular formula is C52H78F3N11O7. The van der Waals surface area contributed by atoms with Crippen molar-refractivity contribution in [3.63, 3.8) is 0 Å². The summed E-state index contributed by atoms with van der Waals surface area (Å²) < 4.78 is 50.3. The summed E-state index contributed by atoms with van der Waals surface area (Å²) in [5.74, 6) is 0.355. The van der Waals surface area contributed by atoms with Gasteiger partial charge in [-0.1, -0.05) is 6.07 Å². The molecule has 5 aliphatic rings. The summed E-state index contributed by atoms with van der Waals surface area (Å²) in [6.07, 6.45) is 10.1.